The number of aliphatic hydroxyl groups excluding tert-OH is 1. The Morgan fingerprint density at radius 1 is 0.839 bits per heavy atom. The first-order valence-electron chi connectivity index (χ1n) is 10.1. The van der Waals surface area contributed by atoms with E-state index in [4.69, 9.17) is 33.2 Å². The molecule has 2 aliphatic rings. The average molecular weight is 432 g/mol. The number of methoxy groups -OCH3 is 4. The maximum atomic E-state index is 10.5. The summed E-state index contributed by atoms with van der Waals surface area (Å²) in [5, 5.41) is 10.5. The van der Waals surface area contributed by atoms with Gasteiger partial charge in [0.05, 0.1) is 35.0 Å². The topological polar surface area (TPSA) is 84.8 Å². The van der Waals surface area contributed by atoms with Crippen molar-refractivity contribution in [2.24, 2.45) is 11.8 Å². The molecule has 168 valence electrons. The first kappa shape index (κ1) is 21.4. The molecule has 2 aliphatic heterocycles. The zero-order chi connectivity index (χ0) is 22.0. The molecule has 0 radical (unpaired) electrons. The van der Waals surface area contributed by atoms with E-state index in [1.807, 2.05) is 24.3 Å². The molecule has 4 rings (SSSR count). The van der Waals surface area contributed by atoms with Gasteiger partial charge in [-0.25, -0.2) is 0 Å². The van der Waals surface area contributed by atoms with Crippen LogP contribution in [0.5, 0.6) is 34.5 Å². The van der Waals surface area contributed by atoms with Crippen LogP contribution in [0.2, 0.25) is 0 Å². The maximum Gasteiger partial charge on any atom is 0.231 e. The van der Waals surface area contributed by atoms with Gasteiger partial charge in [0.1, 0.15) is 0 Å². The summed E-state index contributed by atoms with van der Waals surface area (Å²) in [5.74, 6) is 3.67. The summed E-state index contributed by atoms with van der Waals surface area (Å²) in [6.07, 6.45) is 0.462. The van der Waals surface area contributed by atoms with Gasteiger partial charge in [0.25, 0.3) is 0 Å². The Balaban J connectivity index is 1.56. The van der Waals surface area contributed by atoms with E-state index in [0.29, 0.717) is 53.9 Å². The van der Waals surface area contributed by atoms with Gasteiger partial charge in [0.2, 0.25) is 18.3 Å². The third-order valence-electron chi connectivity index (χ3n) is 5.86. The minimum atomic E-state index is -0.847. The standard InChI is InChI=1S/C23H28O8/c1-25-17-8-14(9-18(26-2)21(17)28-4)6-16-15(11-29-23(16)24)5-13-7-19(27-3)22-20(10-13)30-12-31-22/h7-10,15-16,23-24H,5-6,11-12H2,1-4H3/t15-,16+,23?/m0/s1. The number of hydrogen-bond donors (Lipinski definition) is 1. The molecular weight excluding hydrogens is 404 g/mol. The van der Waals surface area contributed by atoms with Crippen LogP contribution in [0, 0.1) is 11.8 Å². The van der Waals surface area contributed by atoms with Crippen molar-refractivity contribution in [2.45, 2.75) is 19.1 Å². The molecule has 0 amide bonds. The van der Waals surface area contributed by atoms with Crippen LogP contribution in [0.4, 0.5) is 0 Å². The molecule has 0 spiro atoms. The van der Waals surface area contributed by atoms with Gasteiger partial charge in [0, 0.05) is 5.92 Å². The molecule has 0 aliphatic carbocycles. The highest BCUT2D eigenvalue weighted by Crippen LogP contribution is 2.44. The largest absolute Gasteiger partial charge is 0.493 e. The van der Waals surface area contributed by atoms with Crippen molar-refractivity contribution in [3.8, 4) is 34.5 Å². The second-order valence-corrected chi connectivity index (χ2v) is 7.62. The van der Waals surface area contributed by atoms with Crippen molar-refractivity contribution in [2.75, 3.05) is 41.8 Å². The monoisotopic (exact) mass is 432 g/mol. The van der Waals surface area contributed by atoms with Crippen LogP contribution >= 0.6 is 0 Å². The Bertz CT molecular complexity index is 903. The van der Waals surface area contributed by atoms with Gasteiger partial charge in [-0.2, -0.15) is 0 Å². The van der Waals surface area contributed by atoms with Gasteiger partial charge in [-0.05, 0) is 54.2 Å². The van der Waals surface area contributed by atoms with E-state index in [9.17, 15) is 5.11 Å². The fraction of sp³-hybridized carbons (Fsp3) is 0.478. The van der Waals surface area contributed by atoms with Gasteiger partial charge < -0.3 is 38.3 Å². The van der Waals surface area contributed by atoms with E-state index in [1.54, 1.807) is 28.4 Å². The normalized spacial score (nSPS) is 21.8. The highest BCUT2D eigenvalue weighted by molar-refractivity contribution is 5.55. The Morgan fingerprint density at radius 3 is 2.13 bits per heavy atom. The number of fused-ring (bicyclic) bond motifs is 1. The molecule has 2 aromatic rings. The molecule has 0 bridgehead atoms. The van der Waals surface area contributed by atoms with Crippen LogP contribution in [-0.4, -0.2) is 53.2 Å². The average Bonchev–Trinajstić information content (AvgIpc) is 3.39. The third-order valence-corrected chi connectivity index (χ3v) is 5.86. The van der Waals surface area contributed by atoms with Crippen LogP contribution < -0.4 is 28.4 Å². The van der Waals surface area contributed by atoms with Gasteiger partial charge >= 0.3 is 0 Å². The lowest BCUT2D eigenvalue weighted by Gasteiger charge is -2.22. The molecule has 8 nitrogen and oxygen atoms in total. The zero-order valence-electron chi connectivity index (χ0n) is 18.2. The molecule has 2 heterocycles. The molecule has 1 N–H and O–H groups in total. The van der Waals surface area contributed by atoms with E-state index in [1.165, 1.54) is 0 Å². The second-order valence-electron chi connectivity index (χ2n) is 7.62. The van der Waals surface area contributed by atoms with Crippen molar-refractivity contribution < 1.29 is 38.3 Å². The summed E-state index contributed by atoms with van der Waals surface area (Å²) in [7, 11) is 6.36. The third kappa shape index (κ3) is 4.18. The van der Waals surface area contributed by atoms with Crippen LogP contribution in [0.15, 0.2) is 24.3 Å². The predicted molar refractivity (Wildman–Crippen MR) is 112 cm³/mol. The van der Waals surface area contributed by atoms with E-state index in [2.05, 4.69) is 0 Å². The molecule has 0 saturated carbocycles. The molecule has 8 heteroatoms. The number of ether oxygens (including phenoxy) is 7. The molecule has 3 atom stereocenters. The highest BCUT2D eigenvalue weighted by atomic mass is 16.7. The van der Waals surface area contributed by atoms with Crippen molar-refractivity contribution in [3.05, 3.63) is 35.4 Å². The van der Waals surface area contributed by atoms with Crippen LogP contribution in [0.3, 0.4) is 0 Å². The van der Waals surface area contributed by atoms with Crippen LogP contribution in [-0.2, 0) is 17.6 Å². The number of rotatable bonds is 8. The Hall–Kier alpha value is -2.84. The van der Waals surface area contributed by atoms with E-state index in [-0.39, 0.29) is 18.6 Å². The fourth-order valence-electron chi connectivity index (χ4n) is 4.31. The Labute approximate surface area is 181 Å². The van der Waals surface area contributed by atoms with E-state index in [0.717, 1.165) is 11.1 Å². The lowest BCUT2D eigenvalue weighted by Crippen LogP contribution is -2.24. The van der Waals surface area contributed by atoms with Crippen molar-refractivity contribution in [1.82, 2.24) is 0 Å². The Morgan fingerprint density at radius 2 is 1.48 bits per heavy atom. The lowest BCUT2D eigenvalue weighted by molar-refractivity contribution is -0.0820. The smallest absolute Gasteiger partial charge is 0.231 e. The Kier molecular flexibility index (Phi) is 6.29. The zero-order valence-corrected chi connectivity index (χ0v) is 18.2. The predicted octanol–water partition coefficient (Wildman–Crippen LogP) is 2.82. The summed E-state index contributed by atoms with van der Waals surface area (Å²) >= 11 is 0. The minimum Gasteiger partial charge on any atom is -0.493 e. The summed E-state index contributed by atoms with van der Waals surface area (Å²) in [5.41, 5.74) is 2.01. The summed E-state index contributed by atoms with van der Waals surface area (Å²) in [6, 6.07) is 7.74. The molecule has 1 unspecified atom stereocenters. The molecule has 0 aromatic heterocycles. The van der Waals surface area contributed by atoms with Crippen molar-refractivity contribution in [1.29, 1.82) is 0 Å². The highest BCUT2D eigenvalue weighted by Gasteiger charge is 2.37. The number of aliphatic hydroxyl groups is 1. The number of benzene rings is 2. The van der Waals surface area contributed by atoms with Crippen LogP contribution in [0.25, 0.3) is 0 Å². The molecule has 31 heavy (non-hydrogen) atoms. The summed E-state index contributed by atoms with van der Waals surface area (Å²) in [6.45, 7) is 0.650. The summed E-state index contributed by atoms with van der Waals surface area (Å²) < 4.78 is 38.4. The van der Waals surface area contributed by atoms with E-state index >= 15 is 0 Å². The van der Waals surface area contributed by atoms with Crippen molar-refractivity contribution in [3.63, 3.8) is 0 Å². The van der Waals surface area contributed by atoms with Gasteiger partial charge in [0.15, 0.2) is 29.3 Å². The fourth-order valence-corrected chi connectivity index (χ4v) is 4.31. The second kappa shape index (κ2) is 9.11. The van der Waals surface area contributed by atoms with Gasteiger partial charge in [-0.15, -0.1) is 0 Å². The quantitative estimate of drug-likeness (QED) is 0.682. The van der Waals surface area contributed by atoms with Gasteiger partial charge in [-0.3, -0.25) is 0 Å². The summed E-state index contributed by atoms with van der Waals surface area (Å²) in [4.78, 5) is 0. The van der Waals surface area contributed by atoms with Crippen LogP contribution in [0.1, 0.15) is 11.1 Å². The molecule has 2 aromatic carbocycles. The molecule has 1 saturated heterocycles. The minimum absolute atomic E-state index is 0.0979. The van der Waals surface area contributed by atoms with Gasteiger partial charge in [-0.1, -0.05) is 0 Å². The maximum absolute atomic E-state index is 10.5. The molecule has 1 fully saturated rings. The van der Waals surface area contributed by atoms with E-state index < -0.39 is 6.29 Å². The number of hydrogen-bond acceptors (Lipinski definition) is 8. The molecular formula is C23H28O8. The lowest BCUT2D eigenvalue weighted by atomic mass is 9.84. The first-order valence-corrected chi connectivity index (χ1v) is 10.1. The van der Waals surface area contributed by atoms with Crippen molar-refractivity contribution >= 4 is 0 Å². The first-order chi connectivity index (χ1) is 15.1. The SMILES string of the molecule is COc1cc(C[C@H]2C(O)OC[C@@H]2Cc2cc(OC)c3c(c2)OCO3)cc(OC)c1OC.